The molecule has 35 heavy (non-hydrogen) atoms. The van der Waals surface area contributed by atoms with Crippen LogP contribution in [0.15, 0.2) is 73.3 Å². The van der Waals surface area contributed by atoms with E-state index in [2.05, 4.69) is 20.7 Å². The van der Waals surface area contributed by atoms with Gasteiger partial charge in [-0.05, 0) is 55.7 Å². The monoisotopic (exact) mass is 472 g/mol. The maximum atomic E-state index is 12.7. The highest BCUT2D eigenvalue weighted by Gasteiger charge is 2.26. The Labute approximate surface area is 203 Å². The van der Waals surface area contributed by atoms with Gasteiger partial charge in [-0.25, -0.2) is 9.67 Å². The van der Waals surface area contributed by atoms with Gasteiger partial charge in [-0.1, -0.05) is 30.3 Å². The molecule has 2 aromatic carbocycles. The lowest BCUT2D eigenvalue weighted by Crippen LogP contribution is -2.40. The van der Waals surface area contributed by atoms with Gasteiger partial charge in [-0.2, -0.15) is 5.10 Å². The highest BCUT2D eigenvalue weighted by molar-refractivity contribution is 5.95. The van der Waals surface area contributed by atoms with E-state index < -0.39 is 6.04 Å². The zero-order valence-electron chi connectivity index (χ0n) is 19.5. The van der Waals surface area contributed by atoms with Crippen molar-refractivity contribution in [2.24, 2.45) is 5.92 Å². The molecule has 1 saturated heterocycles. The zero-order chi connectivity index (χ0) is 24.6. The van der Waals surface area contributed by atoms with Gasteiger partial charge in [0.1, 0.15) is 18.7 Å². The average Bonchev–Trinajstić information content (AvgIpc) is 3.44. The molecule has 1 atom stereocenters. The first-order valence-corrected chi connectivity index (χ1v) is 11.6. The number of hydrogen-bond acceptors (Lipinski definition) is 5. The van der Waals surface area contributed by atoms with Crippen LogP contribution in [0.5, 0.6) is 0 Å². The molecule has 1 aliphatic heterocycles. The summed E-state index contributed by atoms with van der Waals surface area (Å²) in [5.74, 6) is -0.468. The number of rotatable bonds is 7. The Morgan fingerprint density at radius 3 is 2.26 bits per heavy atom. The number of nitrogens with zero attached hydrogens (tertiary/aromatic N) is 4. The Kier molecular flexibility index (Phi) is 7.67. The molecule has 1 fully saturated rings. The average molecular weight is 473 g/mol. The molecule has 9 heteroatoms. The highest BCUT2D eigenvalue weighted by Crippen LogP contribution is 2.21. The van der Waals surface area contributed by atoms with Crippen molar-refractivity contribution in [1.82, 2.24) is 19.7 Å². The fourth-order valence-electron chi connectivity index (χ4n) is 3.86. The number of nitrogens with one attached hydrogen (secondary N) is 2. The molecule has 0 spiro atoms. The lowest BCUT2D eigenvalue weighted by atomic mass is 9.95. The van der Waals surface area contributed by atoms with Crippen molar-refractivity contribution in [3.63, 3.8) is 0 Å². The molecule has 1 aromatic heterocycles. The molecule has 9 nitrogen and oxygen atoms in total. The molecular weight excluding hydrogens is 444 g/mol. The van der Waals surface area contributed by atoms with Crippen molar-refractivity contribution in [2.45, 2.75) is 25.8 Å². The van der Waals surface area contributed by atoms with Crippen molar-refractivity contribution >= 4 is 35.2 Å². The summed E-state index contributed by atoms with van der Waals surface area (Å²) in [5.41, 5.74) is 2.25. The van der Waals surface area contributed by atoms with Crippen molar-refractivity contribution in [3.8, 4) is 0 Å². The Balaban J connectivity index is 1.23. The third-order valence-electron chi connectivity index (χ3n) is 6.03. The van der Waals surface area contributed by atoms with E-state index in [1.165, 1.54) is 17.3 Å². The lowest BCUT2D eigenvalue weighted by molar-refractivity contribution is -0.130. The third kappa shape index (κ3) is 6.41. The van der Waals surface area contributed by atoms with E-state index in [0.717, 1.165) is 5.56 Å². The Morgan fingerprint density at radius 2 is 1.63 bits per heavy atom. The number of likely N-dealkylation sites (tertiary alicyclic amines) is 1. The van der Waals surface area contributed by atoms with Crippen LogP contribution in [0.3, 0.4) is 0 Å². The van der Waals surface area contributed by atoms with Crippen LogP contribution in [-0.4, -0.2) is 50.5 Å². The third-order valence-corrected chi connectivity index (χ3v) is 6.03. The predicted octanol–water partition coefficient (Wildman–Crippen LogP) is 3.37. The summed E-state index contributed by atoms with van der Waals surface area (Å²) >= 11 is 0. The van der Waals surface area contributed by atoms with Crippen LogP contribution in [0.25, 0.3) is 6.08 Å². The first-order valence-electron chi connectivity index (χ1n) is 11.6. The van der Waals surface area contributed by atoms with Gasteiger partial charge in [0.15, 0.2) is 0 Å². The molecule has 4 rings (SSSR count). The summed E-state index contributed by atoms with van der Waals surface area (Å²) in [6, 6.07) is 16.2. The molecule has 2 N–H and O–H groups in total. The number of anilines is 2. The summed E-state index contributed by atoms with van der Waals surface area (Å²) in [6.07, 6.45) is 7.50. The van der Waals surface area contributed by atoms with E-state index in [-0.39, 0.29) is 23.6 Å². The van der Waals surface area contributed by atoms with Gasteiger partial charge in [-0.15, -0.1) is 0 Å². The molecule has 3 aromatic rings. The second-order valence-corrected chi connectivity index (χ2v) is 8.45. The van der Waals surface area contributed by atoms with Crippen LogP contribution in [0, 0.1) is 5.92 Å². The maximum absolute atomic E-state index is 12.7. The van der Waals surface area contributed by atoms with Gasteiger partial charge < -0.3 is 15.5 Å². The van der Waals surface area contributed by atoms with E-state index >= 15 is 0 Å². The summed E-state index contributed by atoms with van der Waals surface area (Å²) < 4.78 is 1.47. The zero-order valence-corrected chi connectivity index (χ0v) is 19.5. The van der Waals surface area contributed by atoms with E-state index in [1.807, 2.05) is 36.4 Å². The first kappa shape index (κ1) is 23.9. The van der Waals surface area contributed by atoms with Crippen molar-refractivity contribution in [2.75, 3.05) is 23.7 Å². The molecule has 1 unspecified atom stereocenters. The first-order chi connectivity index (χ1) is 17.0. The van der Waals surface area contributed by atoms with Gasteiger partial charge in [-0.3, -0.25) is 14.4 Å². The van der Waals surface area contributed by atoms with E-state index in [0.29, 0.717) is 37.3 Å². The quantitative estimate of drug-likeness (QED) is 0.513. The molecular formula is C26H28N6O3. The highest BCUT2D eigenvalue weighted by atomic mass is 16.2. The number of aromatic nitrogens is 3. The Morgan fingerprint density at radius 1 is 0.971 bits per heavy atom. The topological polar surface area (TPSA) is 109 Å². The van der Waals surface area contributed by atoms with Crippen molar-refractivity contribution < 1.29 is 14.4 Å². The summed E-state index contributed by atoms with van der Waals surface area (Å²) in [7, 11) is 0. The fraction of sp³-hybridized carbons (Fsp3) is 0.269. The van der Waals surface area contributed by atoms with Crippen molar-refractivity contribution in [1.29, 1.82) is 0 Å². The molecule has 0 saturated carbocycles. The summed E-state index contributed by atoms with van der Waals surface area (Å²) in [4.78, 5) is 43.2. The number of carbonyl (C=O) groups is 3. The fourth-order valence-corrected chi connectivity index (χ4v) is 3.86. The Bertz CT molecular complexity index is 1170. The molecule has 180 valence electrons. The van der Waals surface area contributed by atoms with Crippen LogP contribution in [-0.2, 0) is 14.4 Å². The predicted molar refractivity (Wildman–Crippen MR) is 133 cm³/mol. The van der Waals surface area contributed by atoms with Gasteiger partial charge >= 0.3 is 0 Å². The number of piperidine rings is 1. The smallest absolute Gasteiger partial charge is 0.249 e. The van der Waals surface area contributed by atoms with Gasteiger partial charge in [0.05, 0.1) is 0 Å². The van der Waals surface area contributed by atoms with Gasteiger partial charge in [0, 0.05) is 36.5 Å². The van der Waals surface area contributed by atoms with Crippen LogP contribution >= 0.6 is 0 Å². The largest absolute Gasteiger partial charge is 0.339 e. The van der Waals surface area contributed by atoms with Gasteiger partial charge in [0.2, 0.25) is 17.7 Å². The number of hydrogen-bond donors (Lipinski definition) is 2. The van der Waals surface area contributed by atoms with Crippen molar-refractivity contribution in [3.05, 3.63) is 78.9 Å². The maximum Gasteiger partial charge on any atom is 0.249 e. The summed E-state index contributed by atoms with van der Waals surface area (Å²) in [5, 5.41) is 9.74. The van der Waals surface area contributed by atoms with E-state index in [4.69, 9.17) is 0 Å². The molecule has 3 amide bonds. The minimum absolute atomic E-state index is 0.0384. The lowest BCUT2D eigenvalue weighted by Gasteiger charge is -2.30. The SMILES string of the molecule is CC(C(=O)Nc1ccc(NC(=O)C2CCN(C(=O)/C=C/c3ccccc3)CC2)cc1)n1cncn1. The second kappa shape index (κ2) is 11.2. The van der Waals surface area contributed by atoms with E-state index in [1.54, 1.807) is 42.2 Å². The van der Waals surface area contributed by atoms with E-state index in [9.17, 15) is 14.4 Å². The molecule has 0 aliphatic carbocycles. The molecule has 0 bridgehead atoms. The molecule has 2 heterocycles. The van der Waals surface area contributed by atoms with Crippen LogP contribution < -0.4 is 10.6 Å². The number of amides is 3. The Hall–Kier alpha value is -4.27. The minimum Gasteiger partial charge on any atom is -0.339 e. The van der Waals surface area contributed by atoms with Gasteiger partial charge in [0.25, 0.3) is 0 Å². The summed E-state index contributed by atoms with van der Waals surface area (Å²) in [6.45, 7) is 2.83. The number of benzene rings is 2. The van der Waals surface area contributed by atoms with Crippen LogP contribution in [0.4, 0.5) is 11.4 Å². The molecule has 0 radical (unpaired) electrons. The second-order valence-electron chi connectivity index (χ2n) is 8.45. The normalized spacial score (nSPS) is 15.1. The number of carbonyl (C=O) groups excluding carboxylic acids is 3. The minimum atomic E-state index is -0.497. The van der Waals surface area contributed by atoms with Crippen LogP contribution in [0.1, 0.15) is 31.4 Å². The molecule has 1 aliphatic rings. The standard InChI is InChI=1S/C26H28N6O3/c1-19(32-18-27-17-28-32)25(34)29-22-8-10-23(11-9-22)30-26(35)21-13-15-31(16-14-21)24(33)12-7-20-5-3-2-4-6-20/h2-12,17-19,21H,13-16H2,1H3,(H,29,34)(H,30,35)/b12-7+. The van der Waals surface area contributed by atoms with Crippen LogP contribution in [0.2, 0.25) is 0 Å².